The quantitative estimate of drug-likeness (QED) is 0.0584. The Balaban J connectivity index is 0.857. The zero-order chi connectivity index (χ0) is 48.6. The van der Waals surface area contributed by atoms with Crippen molar-refractivity contribution in [1.82, 2.24) is 29.8 Å². The Morgan fingerprint density at radius 3 is 2.40 bits per heavy atom. The molecule has 0 aromatic heterocycles. The van der Waals surface area contributed by atoms with Crippen molar-refractivity contribution in [3.63, 3.8) is 0 Å². The summed E-state index contributed by atoms with van der Waals surface area (Å²) in [6.45, 7) is 7.72. The third kappa shape index (κ3) is 12.1. The minimum Gasteiger partial charge on any atom is -0.379 e. The number of carbonyl (C=O) groups is 4. The molecular weight excluding hydrogens is 882 g/mol. The number of alkyl halides is 3. The van der Waals surface area contributed by atoms with Crippen molar-refractivity contribution in [2.24, 2.45) is 0 Å². The second-order valence-corrected chi connectivity index (χ2v) is 18.5. The van der Waals surface area contributed by atoms with E-state index in [0.29, 0.717) is 82.1 Å². The zero-order valence-electron chi connectivity index (χ0n) is 39.1. The average Bonchev–Trinajstić information content (AvgIpc) is 3.31. The minimum atomic E-state index is -4.69. The van der Waals surface area contributed by atoms with Gasteiger partial charge in [-0.05, 0) is 85.8 Å². The molecule has 3 N–H and O–H groups in total. The third-order valence-electron chi connectivity index (χ3n) is 13.7. The van der Waals surface area contributed by atoms with Crippen LogP contribution in [0, 0.1) is 10.8 Å². The van der Waals surface area contributed by atoms with E-state index in [1.165, 1.54) is 22.1 Å². The molecule has 1 unspecified atom stereocenters. The maximum atomic E-state index is 14.7. The van der Waals surface area contributed by atoms with Crippen molar-refractivity contribution in [2.45, 2.75) is 68.8 Å². The Labute approximate surface area is 396 Å². The number of aldehydes is 1. The third-order valence-corrected chi connectivity index (χ3v) is 13.7. The number of halogens is 3. The molecule has 0 bridgehead atoms. The average molecular weight is 945 g/mol. The Bertz CT molecular complexity index is 2280. The molecule has 4 fully saturated rings. The van der Waals surface area contributed by atoms with Gasteiger partial charge in [0.15, 0.2) is 0 Å². The van der Waals surface area contributed by atoms with E-state index in [1.54, 1.807) is 38.5 Å². The highest BCUT2D eigenvalue weighted by Crippen LogP contribution is 2.40. The lowest BCUT2D eigenvalue weighted by Crippen LogP contribution is -2.51. The Morgan fingerprint density at radius 2 is 1.75 bits per heavy atom. The summed E-state index contributed by atoms with van der Waals surface area (Å²) < 4.78 is 56.0. The number of likely N-dealkylation sites (N-methyl/N-ethyl adjacent to an activating group) is 2. The predicted octanol–water partition coefficient (Wildman–Crippen LogP) is 4.73. The van der Waals surface area contributed by atoms with Crippen LogP contribution in [0.3, 0.4) is 0 Å². The fourth-order valence-electron chi connectivity index (χ4n) is 9.60. The molecule has 0 aliphatic carbocycles. The van der Waals surface area contributed by atoms with Crippen LogP contribution in [0.15, 0.2) is 77.8 Å². The van der Waals surface area contributed by atoms with Crippen LogP contribution in [-0.2, 0) is 35.8 Å². The maximum absolute atomic E-state index is 14.7. The van der Waals surface area contributed by atoms with E-state index in [0.717, 1.165) is 86.3 Å². The Morgan fingerprint density at radius 1 is 1.00 bits per heavy atom. The number of hydrogen-bond donors (Lipinski definition) is 3. The molecule has 7 rings (SSSR count). The van der Waals surface area contributed by atoms with E-state index in [2.05, 4.69) is 20.0 Å². The number of rotatable bonds is 19. The molecule has 0 saturated carbocycles. The summed E-state index contributed by atoms with van der Waals surface area (Å²) in [6.07, 6.45) is 5.29. The van der Waals surface area contributed by atoms with Gasteiger partial charge in [-0.15, -0.1) is 0 Å². The van der Waals surface area contributed by atoms with Gasteiger partial charge in [-0.3, -0.25) is 54.9 Å². The highest BCUT2D eigenvalue weighted by atomic mass is 19.4. The number of ether oxygens (including phenoxy) is 2. The fraction of sp³-hybridized carbons (Fsp3) is 0.510. The Kier molecular flexibility index (Phi) is 16.3. The minimum absolute atomic E-state index is 0.0780. The molecule has 5 heterocycles. The number of piperazine rings is 1. The number of imide groups is 1. The van der Waals surface area contributed by atoms with Crippen molar-refractivity contribution in [3.8, 4) is 0 Å². The molecule has 1 atom stereocenters. The van der Waals surface area contributed by atoms with Crippen LogP contribution in [0.1, 0.15) is 60.0 Å². The first-order valence-corrected chi connectivity index (χ1v) is 23.2. The predicted molar refractivity (Wildman–Crippen MR) is 253 cm³/mol. The van der Waals surface area contributed by atoms with Gasteiger partial charge in [0, 0.05) is 127 Å². The van der Waals surface area contributed by atoms with Crippen LogP contribution in [0.5, 0.6) is 0 Å². The van der Waals surface area contributed by atoms with Gasteiger partial charge in [0.25, 0.3) is 0 Å². The molecule has 16 nitrogen and oxygen atoms in total. The first kappa shape index (κ1) is 50.2. The molecule has 5 aliphatic rings. The number of allylic oxidation sites excluding steroid dienone is 1. The van der Waals surface area contributed by atoms with Gasteiger partial charge in [0.1, 0.15) is 12.1 Å². The number of piperidine rings is 2. The number of carbonyl (C=O) groups excluding carboxylic acids is 4. The lowest BCUT2D eigenvalue weighted by Gasteiger charge is -2.43. The molecule has 366 valence electrons. The van der Waals surface area contributed by atoms with Gasteiger partial charge in [-0.2, -0.15) is 13.2 Å². The van der Waals surface area contributed by atoms with Crippen molar-refractivity contribution < 1.29 is 41.8 Å². The molecule has 0 spiro atoms. The van der Waals surface area contributed by atoms with Crippen molar-refractivity contribution in [1.29, 1.82) is 10.8 Å². The molecule has 2 aromatic carbocycles. The standard InChI is InChI=1S/C49H63F3N10O6/c1-56-26-35(22-42(49(50,51)52)44(56)29-62(34-64)39-7-4-6-38(24-39)48(31-67-32-48)25-45(54)58(3)33-53)27-60-15-12-41(13-16-60)68-21-5-14-59-17-19-61(20-18-59)40-9-8-36(30-63)37(23-40)28-57(2)43-10-11-46(65)55-47(43)66/h4,6-9,22-24,26,29-30,33-34,41,43,53-54H,5,10-21,25,27-28,31-32H2,1-3H3,(H,55,65,66)/b44-29-,53-33?,54-45?. The van der Waals surface area contributed by atoms with E-state index in [1.807, 2.05) is 36.2 Å². The summed E-state index contributed by atoms with van der Waals surface area (Å²) in [6, 6.07) is 12.4. The second-order valence-electron chi connectivity index (χ2n) is 18.5. The summed E-state index contributed by atoms with van der Waals surface area (Å²) >= 11 is 0. The number of likely N-dealkylation sites (tertiary alicyclic amines) is 1. The van der Waals surface area contributed by atoms with E-state index in [-0.39, 0.29) is 35.9 Å². The number of benzene rings is 2. The molecule has 4 saturated heterocycles. The van der Waals surface area contributed by atoms with E-state index in [4.69, 9.17) is 20.3 Å². The first-order chi connectivity index (χ1) is 32.6. The van der Waals surface area contributed by atoms with Gasteiger partial charge >= 0.3 is 6.18 Å². The smallest absolute Gasteiger partial charge is 0.379 e. The number of nitrogens with zero attached hydrogens (tertiary/aromatic N) is 7. The monoisotopic (exact) mass is 944 g/mol. The van der Waals surface area contributed by atoms with Gasteiger partial charge < -0.3 is 24.2 Å². The summed E-state index contributed by atoms with van der Waals surface area (Å²) in [5.41, 5.74) is 2.54. The molecule has 5 aliphatic heterocycles. The highest BCUT2D eigenvalue weighted by Gasteiger charge is 2.43. The van der Waals surface area contributed by atoms with E-state index < -0.39 is 23.2 Å². The van der Waals surface area contributed by atoms with Gasteiger partial charge in [0.2, 0.25) is 18.2 Å². The van der Waals surface area contributed by atoms with Crippen LogP contribution in [0.2, 0.25) is 0 Å². The van der Waals surface area contributed by atoms with Crippen LogP contribution >= 0.6 is 0 Å². The van der Waals surface area contributed by atoms with E-state index in [9.17, 15) is 32.3 Å². The molecule has 68 heavy (non-hydrogen) atoms. The van der Waals surface area contributed by atoms with Crippen LogP contribution in [0.25, 0.3) is 0 Å². The van der Waals surface area contributed by atoms with Gasteiger partial charge in [-0.1, -0.05) is 12.1 Å². The second kappa shape index (κ2) is 22.1. The Hall–Kier alpha value is -5.73. The SMILES string of the molecule is CN(C=N)C(=N)CC1(c2cccc(N(C=O)/C=C3/C(C(F)(F)F)=CC(CN4CCC(OCCCN5CCN(c6ccc(C=O)c(CN(C)C7CCC(=O)NC7=O)c6)CC5)CC4)=CN3C)c2)COC1. The number of nitrogens with one attached hydrogen (secondary N) is 3. The van der Waals surface area contributed by atoms with Crippen molar-refractivity contribution >= 4 is 48.1 Å². The lowest BCUT2D eigenvalue weighted by atomic mass is 9.75. The first-order valence-electron chi connectivity index (χ1n) is 23.2. The largest absolute Gasteiger partial charge is 0.418 e. The van der Waals surface area contributed by atoms with Crippen molar-refractivity contribution in [2.75, 3.05) is 103 Å². The number of anilines is 2. The van der Waals surface area contributed by atoms with Crippen LogP contribution in [0.4, 0.5) is 24.5 Å². The molecule has 2 aromatic rings. The molecule has 19 heteroatoms. The van der Waals surface area contributed by atoms with Crippen LogP contribution < -0.4 is 15.1 Å². The lowest BCUT2D eigenvalue weighted by molar-refractivity contribution is -0.137. The number of amides is 3. The summed E-state index contributed by atoms with van der Waals surface area (Å²) in [4.78, 5) is 61.1. The topological polar surface area (TPSA) is 169 Å². The van der Waals surface area contributed by atoms with Gasteiger partial charge in [-0.25, -0.2) is 0 Å². The summed E-state index contributed by atoms with van der Waals surface area (Å²) in [7, 11) is 5.00. The van der Waals surface area contributed by atoms with E-state index >= 15 is 0 Å². The van der Waals surface area contributed by atoms with Gasteiger partial charge in [0.05, 0.1) is 43.0 Å². The molecular formula is C49H63F3N10O6. The summed E-state index contributed by atoms with van der Waals surface area (Å²) in [5, 5.41) is 18.3. The molecule has 0 radical (unpaired) electrons. The number of hydrogen-bond acceptors (Lipinski definition) is 13. The number of amidine groups is 1. The molecule has 3 amide bonds. The zero-order valence-corrected chi connectivity index (χ0v) is 39.1. The maximum Gasteiger partial charge on any atom is 0.418 e. The normalized spacial score (nSPS) is 21.2. The fourth-order valence-corrected chi connectivity index (χ4v) is 9.60. The summed E-state index contributed by atoms with van der Waals surface area (Å²) in [5.74, 6) is -0.349. The highest BCUT2D eigenvalue weighted by molar-refractivity contribution is 6.00. The van der Waals surface area contributed by atoms with Crippen LogP contribution in [-0.4, -0.2) is 173 Å². The van der Waals surface area contributed by atoms with Crippen molar-refractivity contribution in [3.05, 3.63) is 94.5 Å².